The van der Waals surface area contributed by atoms with Gasteiger partial charge in [0.2, 0.25) is 11.9 Å². The number of benzene rings is 2. The van der Waals surface area contributed by atoms with Gasteiger partial charge in [0.25, 0.3) is 5.91 Å². The fraction of sp³-hybridized carbons (Fsp3) is 0.267. The third kappa shape index (κ3) is 4.34. The lowest BCUT2D eigenvalue weighted by molar-refractivity contribution is -0.117. The van der Waals surface area contributed by atoms with Gasteiger partial charge in [-0.2, -0.15) is 4.98 Å². The lowest BCUT2D eigenvalue weighted by Crippen LogP contribution is -2.43. The van der Waals surface area contributed by atoms with E-state index in [4.69, 9.17) is 4.74 Å². The zero-order chi connectivity index (χ0) is 26.5. The van der Waals surface area contributed by atoms with Crippen molar-refractivity contribution < 1.29 is 14.3 Å². The van der Waals surface area contributed by atoms with Crippen LogP contribution in [0.2, 0.25) is 0 Å². The smallest absolute Gasteiger partial charge is 0.256 e. The third-order valence-electron chi connectivity index (χ3n) is 7.65. The molecule has 0 bridgehead atoms. The number of pyridine rings is 1. The highest BCUT2D eigenvalue weighted by molar-refractivity contribution is 6.08. The average Bonchev–Trinajstić information content (AvgIpc) is 3.68. The Morgan fingerprint density at radius 2 is 1.85 bits per heavy atom. The van der Waals surface area contributed by atoms with Crippen LogP contribution in [0.15, 0.2) is 73.1 Å². The van der Waals surface area contributed by atoms with Crippen LogP contribution in [-0.4, -0.2) is 55.6 Å². The molecule has 0 spiro atoms. The molecule has 1 aliphatic carbocycles. The predicted molar refractivity (Wildman–Crippen MR) is 147 cm³/mol. The Balaban J connectivity index is 1.22. The number of fused-ring (bicyclic) bond motifs is 2. The Morgan fingerprint density at radius 3 is 2.67 bits per heavy atom. The van der Waals surface area contributed by atoms with Gasteiger partial charge in [-0.25, -0.2) is 4.52 Å². The molecule has 9 nitrogen and oxygen atoms in total. The number of nitrogens with one attached hydrogen (secondary N) is 1. The molecular formula is C30H28N6O3. The van der Waals surface area contributed by atoms with Gasteiger partial charge in [-0.1, -0.05) is 36.4 Å². The van der Waals surface area contributed by atoms with Crippen molar-refractivity contribution in [3.05, 3.63) is 84.2 Å². The van der Waals surface area contributed by atoms with E-state index in [9.17, 15) is 9.59 Å². The summed E-state index contributed by atoms with van der Waals surface area (Å²) in [7, 11) is 1.96. The summed E-state index contributed by atoms with van der Waals surface area (Å²) in [4.78, 5) is 32.5. The minimum Gasteiger partial charge on any atom is -0.377 e. The highest BCUT2D eigenvalue weighted by atomic mass is 16.5. The van der Waals surface area contributed by atoms with Gasteiger partial charge in [0.1, 0.15) is 0 Å². The molecule has 1 unspecified atom stereocenters. The van der Waals surface area contributed by atoms with E-state index in [1.54, 1.807) is 4.52 Å². The number of nitrogens with zero attached hydrogens (tertiary/aromatic N) is 5. The van der Waals surface area contributed by atoms with Crippen LogP contribution in [0.4, 0.5) is 5.95 Å². The van der Waals surface area contributed by atoms with Crippen LogP contribution in [0.1, 0.15) is 34.8 Å². The van der Waals surface area contributed by atoms with E-state index in [1.165, 1.54) is 0 Å². The first-order valence-electron chi connectivity index (χ1n) is 13.3. The second kappa shape index (κ2) is 9.36. The number of ether oxygens (including phenoxy) is 1. The van der Waals surface area contributed by atoms with Crippen molar-refractivity contribution in [3.8, 4) is 11.1 Å². The molecule has 1 N–H and O–H groups in total. The predicted octanol–water partition coefficient (Wildman–Crippen LogP) is 4.45. The zero-order valence-electron chi connectivity index (χ0n) is 21.6. The first-order chi connectivity index (χ1) is 19.0. The SMILES string of the molecule is Cn1cc(C(=O)N2CCOCC2c2ccccc2)c2cc(-c3ccn4nc(NC(=O)C5CC5)nc4c3)ccc21. The van der Waals surface area contributed by atoms with Crippen molar-refractivity contribution in [1.29, 1.82) is 0 Å². The molecule has 1 saturated carbocycles. The van der Waals surface area contributed by atoms with E-state index < -0.39 is 0 Å². The van der Waals surface area contributed by atoms with E-state index in [0.29, 0.717) is 36.9 Å². The number of aryl methyl sites for hydroxylation is 1. The Kier molecular flexibility index (Phi) is 5.66. The lowest BCUT2D eigenvalue weighted by atomic mass is 10.0. The number of amides is 2. The summed E-state index contributed by atoms with van der Waals surface area (Å²) < 4.78 is 9.42. The normalized spacial score (nSPS) is 17.6. The van der Waals surface area contributed by atoms with Crippen molar-refractivity contribution in [2.24, 2.45) is 13.0 Å². The number of carbonyl (C=O) groups is 2. The van der Waals surface area contributed by atoms with E-state index in [-0.39, 0.29) is 23.8 Å². The zero-order valence-corrected chi connectivity index (χ0v) is 21.6. The van der Waals surface area contributed by atoms with Crippen molar-refractivity contribution in [2.45, 2.75) is 18.9 Å². The maximum atomic E-state index is 14.0. The number of hydrogen-bond donors (Lipinski definition) is 1. The van der Waals surface area contributed by atoms with Gasteiger partial charge < -0.3 is 14.2 Å². The molecule has 2 fully saturated rings. The van der Waals surface area contributed by atoms with E-state index in [2.05, 4.69) is 27.5 Å². The van der Waals surface area contributed by atoms with E-state index in [0.717, 1.165) is 40.4 Å². The van der Waals surface area contributed by atoms with E-state index in [1.807, 2.05) is 77.4 Å². The molecule has 5 aromatic rings. The molecule has 3 aromatic heterocycles. The number of anilines is 1. The number of carbonyl (C=O) groups excluding carboxylic acids is 2. The highest BCUT2D eigenvalue weighted by Crippen LogP contribution is 2.32. The summed E-state index contributed by atoms with van der Waals surface area (Å²) in [6, 6.07) is 20.0. The summed E-state index contributed by atoms with van der Waals surface area (Å²) in [6.45, 7) is 1.54. The Morgan fingerprint density at radius 1 is 1.03 bits per heavy atom. The largest absolute Gasteiger partial charge is 0.377 e. The quantitative estimate of drug-likeness (QED) is 0.370. The number of morpholine rings is 1. The molecule has 39 heavy (non-hydrogen) atoms. The maximum absolute atomic E-state index is 14.0. The second-order valence-corrected chi connectivity index (χ2v) is 10.3. The van der Waals surface area contributed by atoms with Crippen molar-refractivity contribution in [3.63, 3.8) is 0 Å². The number of aromatic nitrogens is 4. The third-order valence-corrected chi connectivity index (χ3v) is 7.65. The summed E-state index contributed by atoms with van der Waals surface area (Å²) in [5, 5.41) is 8.09. The molecule has 1 atom stereocenters. The van der Waals surface area contributed by atoms with Gasteiger partial charge in [-0.3, -0.25) is 14.9 Å². The molecule has 2 amide bonds. The van der Waals surface area contributed by atoms with Gasteiger partial charge in [0, 0.05) is 42.8 Å². The number of rotatable bonds is 5. The van der Waals surface area contributed by atoms with Crippen molar-refractivity contribution in [2.75, 3.05) is 25.1 Å². The topological polar surface area (TPSA) is 93.8 Å². The molecule has 9 heteroatoms. The molecule has 1 aliphatic heterocycles. The molecule has 196 valence electrons. The van der Waals surface area contributed by atoms with Crippen LogP contribution in [0.5, 0.6) is 0 Å². The second-order valence-electron chi connectivity index (χ2n) is 10.3. The van der Waals surface area contributed by atoms with Gasteiger partial charge in [-0.15, -0.1) is 5.10 Å². The van der Waals surface area contributed by atoms with Crippen LogP contribution >= 0.6 is 0 Å². The fourth-order valence-electron chi connectivity index (χ4n) is 5.37. The van der Waals surface area contributed by atoms with Crippen LogP contribution < -0.4 is 5.32 Å². The minimum atomic E-state index is -0.129. The maximum Gasteiger partial charge on any atom is 0.256 e. The van der Waals surface area contributed by atoms with Crippen molar-refractivity contribution in [1.82, 2.24) is 24.1 Å². The first-order valence-corrected chi connectivity index (χ1v) is 13.3. The van der Waals surface area contributed by atoms with Crippen LogP contribution in [0.3, 0.4) is 0 Å². The van der Waals surface area contributed by atoms with Gasteiger partial charge in [0.05, 0.1) is 24.8 Å². The Bertz CT molecular complexity index is 1720. The van der Waals surface area contributed by atoms with Gasteiger partial charge >= 0.3 is 0 Å². The molecule has 2 aromatic carbocycles. The van der Waals surface area contributed by atoms with Crippen molar-refractivity contribution >= 4 is 34.3 Å². The highest BCUT2D eigenvalue weighted by Gasteiger charge is 2.31. The van der Waals surface area contributed by atoms with Gasteiger partial charge in [-0.05, 0) is 53.8 Å². The van der Waals surface area contributed by atoms with Gasteiger partial charge in [0.15, 0.2) is 5.65 Å². The molecule has 0 radical (unpaired) electrons. The molecule has 2 aliphatic rings. The van der Waals surface area contributed by atoms with Crippen LogP contribution in [0.25, 0.3) is 27.7 Å². The first kappa shape index (κ1) is 23.6. The molecular weight excluding hydrogens is 492 g/mol. The lowest BCUT2D eigenvalue weighted by Gasteiger charge is -2.36. The molecule has 7 rings (SSSR count). The number of hydrogen-bond acceptors (Lipinski definition) is 5. The summed E-state index contributed by atoms with van der Waals surface area (Å²) in [5.41, 5.74) is 5.29. The summed E-state index contributed by atoms with van der Waals surface area (Å²) in [6.07, 6.45) is 5.61. The Labute approximate surface area is 225 Å². The average molecular weight is 521 g/mol. The summed E-state index contributed by atoms with van der Waals surface area (Å²) in [5.74, 6) is 0.377. The minimum absolute atomic E-state index is 0.00106. The van der Waals surface area contributed by atoms with Crippen LogP contribution in [-0.2, 0) is 16.6 Å². The molecule has 4 heterocycles. The van der Waals surface area contributed by atoms with Crippen LogP contribution in [0, 0.1) is 5.92 Å². The Hall–Kier alpha value is -4.50. The fourth-order valence-corrected chi connectivity index (χ4v) is 5.37. The van der Waals surface area contributed by atoms with E-state index >= 15 is 0 Å². The summed E-state index contributed by atoms with van der Waals surface area (Å²) >= 11 is 0. The molecule has 1 saturated heterocycles. The monoisotopic (exact) mass is 520 g/mol. The standard InChI is InChI=1S/C30H28N6O3/c1-34-17-24(29(38)35-13-14-39-18-26(35)19-5-3-2-4-6-19)23-15-21(9-10-25(23)34)22-11-12-36-27(16-22)31-30(33-36)32-28(37)20-7-8-20/h2-6,9-12,15-17,20,26H,7-8,13-14,18H2,1H3,(H,32,33,37).